The van der Waals surface area contributed by atoms with E-state index in [2.05, 4.69) is 27.5 Å². The first-order chi connectivity index (χ1) is 14.3. The standard InChI is InChI=1S/C21H24N4O3S2/c1-12-9-13(2)18-17(10-12)29-21(22-18)23-20(26)19-15-5-3-4-6-16(15)25(24-19)14-7-8-30(27,28)11-14/h9-10,14H,3-8,11H2,1-2H3,(H,22,23,26)/t14-/m0/s1. The number of sulfone groups is 1. The van der Waals surface area contributed by atoms with Crippen LogP contribution in [0.15, 0.2) is 12.1 Å². The third-order valence-corrected chi connectivity index (χ3v) is 8.70. The Morgan fingerprint density at radius 2 is 2.03 bits per heavy atom. The second kappa shape index (κ2) is 7.16. The Morgan fingerprint density at radius 3 is 2.80 bits per heavy atom. The van der Waals surface area contributed by atoms with Crippen LogP contribution < -0.4 is 5.32 Å². The Kier molecular flexibility index (Phi) is 4.70. The molecule has 0 bridgehead atoms. The van der Waals surface area contributed by atoms with Gasteiger partial charge < -0.3 is 0 Å². The van der Waals surface area contributed by atoms with Crippen molar-refractivity contribution in [1.29, 1.82) is 0 Å². The van der Waals surface area contributed by atoms with Gasteiger partial charge in [-0.25, -0.2) is 13.4 Å². The number of fused-ring (bicyclic) bond motifs is 2. The lowest BCUT2D eigenvalue weighted by Gasteiger charge is -2.17. The van der Waals surface area contributed by atoms with E-state index in [-0.39, 0.29) is 23.5 Å². The molecule has 0 saturated carbocycles. The highest BCUT2D eigenvalue weighted by molar-refractivity contribution is 7.91. The second-order valence-corrected chi connectivity index (χ2v) is 11.6. The molecular formula is C21H24N4O3S2. The van der Waals surface area contributed by atoms with Gasteiger partial charge in [0, 0.05) is 11.3 Å². The fourth-order valence-electron chi connectivity index (χ4n) is 4.66. The summed E-state index contributed by atoms with van der Waals surface area (Å²) in [6, 6.07) is 3.99. The van der Waals surface area contributed by atoms with Crippen LogP contribution in [0, 0.1) is 13.8 Å². The molecule has 0 radical (unpaired) electrons. The highest BCUT2D eigenvalue weighted by atomic mass is 32.2. The molecule has 3 heterocycles. The molecule has 0 spiro atoms. The largest absolute Gasteiger partial charge is 0.296 e. The zero-order valence-electron chi connectivity index (χ0n) is 17.1. The smallest absolute Gasteiger partial charge is 0.278 e. The quantitative estimate of drug-likeness (QED) is 0.666. The van der Waals surface area contributed by atoms with E-state index in [0.29, 0.717) is 17.2 Å². The molecular weight excluding hydrogens is 420 g/mol. The summed E-state index contributed by atoms with van der Waals surface area (Å²) in [7, 11) is -3.02. The predicted octanol–water partition coefficient (Wildman–Crippen LogP) is 3.60. The molecule has 0 unspecified atom stereocenters. The van der Waals surface area contributed by atoms with E-state index in [0.717, 1.165) is 52.7 Å². The van der Waals surface area contributed by atoms with Gasteiger partial charge in [-0.05, 0) is 63.1 Å². The number of rotatable bonds is 3. The molecule has 1 amide bonds. The zero-order chi connectivity index (χ0) is 21.0. The maximum Gasteiger partial charge on any atom is 0.278 e. The van der Waals surface area contributed by atoms with Crippen molar-refractivity contribution in [1.82, 2.24) is 14.8 Å². The van der Waals surface area contributed by atoms with Gasteiger partial charge in [-0.3, -0.25) is 14.8 Å². The normalized spacial score (nSPS) is 20.4. The monoisotopic (exact) mass is 444 g/mol. The molecule has 1 N–H and O–H groups in total. The fourth-order valence-corrected chi connectivity index (χ4v) is 7.39. The number of aryl methyl sites for hydroxylation is 2. The van der Waals surface area contributed by atoms with Crippen molar-refractivity contribution in [3.63, 3.8) is 0 Å². The van der Waals surface area contributed by atoms with Crippen LogP contribution in [0.5, 0.6) is 0 Å². The van der Waals surface area contributed by atoms with Crippen LogP contribution in [0.4, 0.5) is 5.13 Å². The number of carbonyl (C=O) groups excluding carboxylic acids is 1. The first-order valence-corrected chi connectivity index (χ1v) is 12.9. The Hall–Kier alpha value is -2.26. The highest BCUT2D eigenvalue weighted by Crippen LogP contribution is 2.33. The lowest BCUT2D eigenvalue weighted by Crippen LogP contribution is -2.17. The van der Waals surface area contributed by atoms with Gasteiger partial charge in [0.2, 0.25) is 0 Å². The minimum atomic E-state index is -3.02. The summed E-state index contributed by atoms with van der Waals surface area (Å²) in [6.07, 6.45) is 4.26. The number of nitrogens with one attached hydrogen (secondary N) is 1. The Bertz CT molecular complexity index is 1270. The number of hydrogen-bond donors (Lipinski definition) is 1. The maximum absolute atomic E-state index is 13.1. The highest BCUT2D eigenvalue weighted by Gasteiger charge is 2.34. The van der Waals surface area contributed by atoms with E-state index in [1.165, 1.54) is 16.9 Å². The summed E-state index contributed by atoms with van der Waals surface area (Å²) in [4.78, 5) is 17.7. The lowest BCUT2D eigenvalue weighted by molar-refractivity contribution is 0.102. The molecule has 1 aliphatic carbocycles. The van der Waals surface area contributed by atoms with Crippen molar-refractivity contribution in [3.05, 3.63) is 40.2 Å². The van der Waals surface area contributed by atoms with Gasteiger partial charge in [0.05, 0.1) is 27.8 Å². The topological polar surface area (TPSA) is 93.9 Å². The number of benzene rings is 1. The Balaban J connectivity index is 1.48. The van der Waals surface area contributed by atoms with E-state index in [9.17, 15) is 13.2 Å². The molecule has 2 aromatic heterocycles. The van der Waals surface area contributed by atoms with Gasteiger partial charge in [0.25, 0.3) is 5.91 Å². The minimum Gasteiger partial charge on any atom is -0.296 e. The number of thiazole rings is 1. The van der Waals surface area contributed by atoms with Crippen LogP contribution in [0.3, 0.4) is 0 Å². The predicted molar refractivity (Wildman–Crippen MR) is 118 cm³/mol. The van der Waals surface area contributed by atoms with Gasteiger partial charge in [0.1, 0.15) is 0 Å². The molecule has 5 rings (SSSR count). The lowest BCUT2D eigenvalue weighted by atomic mass is 9.95. The molecule has 1 fully saturated rings. The molecule has 1 saturated heterocycles. The number of carbonyl (C=O) groups is 1. The van der Waals surface area contributed by atoms with Gasteiger partial charge in [-0.2, -0.15) is 5.10 Å². The maximum atomic E-state index is 13.1. The first kappa shape index (κ1) is 19.7. The molecule has 1 aliphatic heterocycles. The molecule has 2 aliphatic rings. The van der Waals surface area contributed by atoms with Crippen molar-refractivity contribution in [2.24, 2.45) is 0 Å². The molecule has 158 valence electrons. The van der Waals surface area contributed by atoms with Crippen LogP contribution >= 0.6 is 11.3 Å². The summed E-state index contributed by atoms with van der Waals surface area (Å²) < 4.78 is 26.8. The minimum absolute atomic E-state index is 0.110. The fraction of sp³-hybridized carbons (Fsp3) is 0.476. The average Bonchev–Trinajstić information content (AvgIpc) is 3.36. The number of anilines is 1. The zero-order valence-corrected chi connectivity index (χ0v) is 18.7. The number of aromatic nitrogens is 3. The molecule has 1 atom stereocenters. The van der Waals surface area contributed by atoms with Crippen molar-refractivity contribution in [2.75, 3.05) is 16.8 Å². The second-order valence-electron chi connectivity index (χ2n) is 8.38. The molecule has 9 heteroatoms. The molecule has 30 heavy (non-hydrogen) atoms. The summed E-state index contributed by atoms with van der Waals surface area (Å²) in [5, 5.41) is 8.14. The first-order valence-electron chi connectivity index (χ1n) is 10.3. The average molecular weight is 445 g/mol. The number of amides is 1. The summed E-state index contributed by atoms with van der Waals surface area (Å²) in [6.45, 7) is 4.07. The molecule has 7 nitrogen and oxygen atoms in total. The van der Waals surface area contributed by atoms with Crippen molar-refractivity contribution in [3.8, 4) is 0 Å². The van der Waals surface area contributed by atoms with Crippen LogP contribution in [0.2, 0.25) is 0 Å². The van der Waals surface area contributed by atoms with Crippen LogP contribution in [-0.2, 0) is 22.7 Å². The van der Waals surface area contributed by atoms with Gasteiger partial charge in [-0.1, -0.05) is 17.4 Å². The van der Waals surface area contributed by atoms with Gasteiger partial charge in [-0.15, -0.1) is 0 Å². The Morgan fingerprint density at radius 1 is 1.23 bits per heavy atom. The van der Waals surface area contributed by atoms with E-state index in [4.69, 9.17) is 0 Å². The van der Waals surface area contributed by atoms with E-state index in [1.807, 2.05) is 18.5 Å². The van der Waals surface area contributed by atoms with Gasteiger partial charge >= 0.3 is 0 Å². The van der Waals surface area contributed by atoms with Crippen molar-refractivity contribution < 1.29 is 13.2 Å². The summed E-state index contributed by atoms with van der Waals surface area (Å²) >= 11 is 1.46. The number of nitrogens with zero attached hydrogens (tertiary/aromatic N) is 3. The van der Waals surface area contributed by atoms with Crippen LogP contribution in [-0.4, -0.2) is 40.6 Å². The molecule has 3 aromatic rings. The Labute approximate surface area is 179 Å². The third kappa shape index (κ3) is 3.43. The SMILES string of the molecule is Cc1cc(C)c2nc(NC(=O)c3nn([C@H]4CCS(=O)(=O)C4)c4c3CCCC4)sc2c1. The van der Waals surface area contributed by atoms with Crippen LogP contribution in [0.25, 0.3) is 10.2 Å². The summed E-state index contributed by atoms with van der Waals surface area (Å²) in [5.74, 6) is 0.0398. The third-order valence-electron chi connectivity index (χ3n) is 6.03. The van der Waals surface area contributed by atoms with E-state index in [1.54, 1.807) is 0 Å². The number of hydrogen-bond acceptors (Lipinski definition) is 6. The molecule has 1 aromatic carbocycles. The summed E-state index contributed by atoms with van der Waals surface area (Å²) in [5.41, 5.74) is 5.58. The van der Waals surface area contributed by atoms with E-state index < -0.39 is 9.84 Å². The van der Waals surface area contributed by atoms with Crippen molar-refractivity contribution in [2.45, 2.75) is 52.0 Å². The van der Waals surface area contributed by atoms with Crippen LogP contribution in [0.1, 0.15) is 58.2 Å². The van der Waals surface area contributed by atoms with E-state index >= 15 is 0 Å². The van der Waals surface area contributed by atoms with Gasteiger partial charge in [0.15, 0.2) is 20.7 Å². The van der Waals surface area contributed by atoms with Crippen molar-refractivity contribution >= 4 is 42.4 Å².